The zero-order chi connectivity index (χ0) is 13.3. The molecular formula is C15H21ClO. The second-order valence-corrected chi connectivity index (χ2v) is 6.13. The Morgan fingerprint density at radius 3 is 1.76 bits per heavy atom. The quantitative estimate of drug-likeness (QED) is 0.728. The lowest BCUT2D eigenvalue weighted by atomic mass is 9.79. The topological polar surface area (TPSA) is 17.1 Å². The van der Waals surface area contributed by atoms with Gasteiger partial charge in [0.1, 0.15) is 0 Å². The highest BCUT2D eigenvalue weighted by Gasteiger charge is 2.31. The van der Waals surface area contributed by atoms with Crippen LogP contribution in [0.4, 0.5) is 0 Å². The lowest BCUT2D eigenvalue weighted by molar-refractivity contribution is -0.116. The predicted octanol–water partition coefficient (Wildman–Crippen LogP) is 4.42. The van der Waals surface area contributed by atoms with Crippen LogP contribution in [0.1, 0.15) is 52.2 Å². The van der Waals surface area contributed by atoms with Crippen molar-refractivity contribution in [1.82, 2.24) is 0 Å². The van der Waals surface area contributed by atoms with E-state index < -0.39 is 5.41 Å². The average Bonchev–Trinajstić information content (AvgIpc) is 2.26. The summed E-state index contributed by atoms with van der Waals surface area (Å²) in [6, 6.07) is 8.21. The minimum Gasteiger partial charge on any atom is -0.280 e. The molecule has 0 radical (unpaired) electrons. The molecule has 1 aromatic carbocycles. The minimum absolute atomic E-state index is 0.131. The minimum atomic E-state index is -0.571. The van der Waals surface area contributed by atoms with E-state index in [0.29, 0.717) is 6.42 Å². The van der Waals surface area contributed by atoms with E-state index in [-0.39, 0.29) is 10.7 Å². The van der Waals surface area contributed by atoms with E-state index in [4.69, 9.17) is 11.6 Å². The van der Waals surface area contributed by atoms with Gasteiger partial charge in [-0.25, -0.2) is 0 Å². The molecule has 0 aliphatic rings. The molecule has 0 aliphatic heterocycles. The summed E-state index contributed by atoms with van der Waals surface area (Å²) in [6.45, 7) is 10.4. The van der Waals surface area contributed by atoms with Gasteiger partial charge in [-0.2, -0.15) is 0 Å². The van der Waals surface area contributed by atoms with Crippen molar-refractivity contribution >= 4 is 16.8 Å². The first-order valence-corrected chi connectivity index (χ1v) is 6.40. The number of carbonyl (C=O) groups is 1. The first kappa shape index (κ1) is 14.2. The number of hydrogen-bond acceptors (Lipinski definition) is 1. The molecule has 0 bridgehead atoms. The Morgan fingerprint density at radius 2 is 1.47 bits per heavy atom. The van der Waals surface area contributed by atoms with E-state index in [2.05, 4.69) is 32.9 Å². The zero-order valence-corrected chi connectivity index (χ0v) is 12.1. The number of carbonyl (C=O) groups excluding carboxylic acids is 1. The SMILES string of the molecule is CCC(C)(C(=O)Cl)c1ccc(C(C)(C)C)cc1. The van der Waals surface area contributed by atoms with Crippen molar-refractivity contribution in [3.05, 3.63) is 35.4 Å². The summed E-state index contributed by atoms with van der Waals surface area (Å²) in [7, 11) is 0. The van der Waals surface area contributed by atoms with Gasteiger partial charge in [0.25, 0.3) is 0 Å². The molecule has 0 amide bonds. The summed E-state index contributed by atoms with van der Waals surface area (Å²) in [5.74, 6) is 0. The molecule has 0 aromatic heterocycles. The van der Waals surface area contributed by atoms with Gasteiger partial charge in [-0.05, 0) is 41.5 Å². The molecule has 0 heterocycles. The predicted molar refractivity (Wildman–Crippen MR) is 73.6 cm³/mol. The van der Waals surface area contributed by atoms with Crippen molar-refractivity contribution in [2.75, 3.05) is 0 Å². The second-order valence-electron chi connectivity index (χ2n) is 5.79. The van der Waals surface area contributed by atoms with Gasteiger partial charge in [-0.3, -0.25) is 4.79 Å². The normalized spacial score (nSPS) is 15.4. The Kier molecular flexibility index (Phi) is 4.03. The molecule has 0 saturated carbocycles. The molecule has 1 aromatic rings. The van der Waals surface area contributed by atoms with Crippen molar-refractivity contribution in [3.8, 4) is 0 Å². The van der Waals surface area contributed by atoms with Crippen LogP contribution >= 0.6 is 11.6 Å². The first-order chi connectivity index (χ1) is 7.71. The van der Waals surface area contributed by atoms with Crippen LogP contribution in [0.5, 0.6) is 0 Å². The van der Waals surface area contributed by atoms with Gasteiger partial charge >= 0.3 is 0 Å². The van der Waals surface area contributed by atoms with E-state index in [1.165, 1.54) is 5.56 Å². The standard InChI is InChI=1S/C15H21ClO/c1-6-15(5,13(16)17)12-9-7-11(8-10-12)14(2,3)4/h7-10H,6H2,1-5H3. The average molecular weight is 253 g/mol. The van der Waals surface area contributed by atoms with Crippen LogP contribution in [0.15, 0.2) is 24.3 Å². The maximum Gasteiger partial charge on any atom is 0.231 e. The Morgan fingerprint density at radius 1 is 1.06 bits per heavy atom. The monoisotopic (exact) mass is 252 g/mol. The van der Waals surface area contributed by atoms with Crippen molar-refractivity contribution in [2.24, 2.45) is 0 Å². The molecule has 0 spiro atoms. The smallest absolute Gasteiger partial charge is 0.231 e. The molecule has 0 saturated heterocycles. The van der Waals surface area contributed by atoms with E-state index in [9.17, 15) is 4.79 Å². The summed E-state index contributed by atoms with van der Waals surface area (Å²) in [5.41, 5.74) is 1.82. The van der Waals surface area contributed by atoms with E-state index in [0.717, 1.165) is 5.56 Å². The maximum absolute atomic E-state index is 11.5. The van der Waals surface area contributed by atoms with Gasteiger partial charge in [0.2, 0.25) is 5.24 Å². The Balaban J connectivity index is 3.14. The van der Waals surface area contributed by atoms with Gasteiger partial charge < -0.3 is 0 Å². The fourth-order valence-electron chi connectivity index (χ4n) is 1.79. The summed E-state index contributed by atoms with van der Waals surface area (Å²) in [6.07, 6.45) is 0.712. The van der Waals surface area contributed by atoms with Crippen LogP contribution in [0, 0.1) is 0 Å². The van der Waals surface area contributed by atoms with Crippen LogP contribution in [0.25, 0.3) is 0 Å². The first-order valence-electron chi connectivity index (χ1n) is 6.03. The molecule has 0 N–H and O–H groups in total. The molecule has 0 aliphatic carbocycles. The largest absolute Gasteiger partial charge is 0.280 e. The van der Waals surface area contributed by atoms with Crippen molar-refractivity contribution < 1.29 is 4.79 Å². The second kappa shape index (κ2) is 4.81. The van der Waals surface area contributed by atoms with Crippen LogP contribution in [0.3, 0.4) is 0 Å². The lowest BCUT2D eigenvalue weighted by Crippen LogP contribution is -2.28. The Hall–Kier alpha value is -0.820. The molecule has 1 unspecified atom stereocenters. The molecule has 1 atom stereocenters. The third-order valence-electron chi connectivity index (χ3n) is 3.53. The van der Waals surface area contributed by atoms with Crippen molar-refractivity contribution in [1.29, 1.82) is 0 Å². The van der Waals surface area contributed by atoms with Crippen LogP contribution in [0.2, 0.25) is 0 Å². The maximum atomic E-state index is 11.5. The summed E-state index contributed by atoms with van der Waals surface area (Å²) in [4.78, 5) is 11.5. The lowest BCUT2D eigenvalue weighted by Gasteiger charge is -2.26. The molecule has 2 heteroatoms. The molecule has 0 fully saturated rings. The van der Waals surface area contributed by atoms with Gasteiger partial charge in [-0.1, -0.05) is 52.0 Å². The van der Waals surface area contributed by atoms with Crippen LogP contribution < -0.4 is 0 Å². The highest BCUT2D eigenvalue weighted by molar-refractivity contribution is 6.65. The third-order valence-corrected chi connectivity index (χ3v) is 3.95. The Bertz CT molecular complexity index is 400. The van der Waals surface area contributed by atoms with E-state index in [1.807, 2.05) is 26.0 Å². The number of halogens is 1. The number of hydrogen-bond donors (Lipinski definition) is 0. The summed E-state index contributed by atoms with van der Waals surface area (Å²) >= 11 is 5.71. The van der Waals surface area contributed by atoms with E-state index >= 15 is 0 Å². The summed E-state index contributed by atoms with van der Waals surface area (Å²) < 4.78 is 0. The van der Waals surface area contributed by atoms with Gasteiger partial charge in [0.15, 0.2) is 0 Å². The number of benzene rings is 1. The molecule has 17 heavy (non-hydrogen) atoms. The van der Waals surface area contributed by atoms with Gasteiger partial charge in [0.05, 0.1) is 5.41 Å². The summed E-state index contributed by atoms with van der Waals surface area (Å²) in [5, 5.41) is -0.288. The molecule has 94 valence electrons. The van der Waals surface area contributed by atoms with Crippen LogP contribution in [-0.2, 0) is 15.6 Å². The Labute approximate surface area is 109 Å². The molecule has 1 nitrogen and oxygen atoms in total. The fourth-order valence-corrected chi connectivity index (χ4v) is 2.04. The zero-order valence-electron chi connectivity index (χ0n) is 11.3. The molecular weight excluding hydrogens is 232 g/mol. The highest BCUT2D eigenvalue weighted by Crippen LogP contribution is 2.32. The van der Waals surface area contributed by atoms with Gasteiger partial charge in [0, 0.05) is 0 Å². The fraction of sp³-hybridized carbons (Fsp3) is 0.533. The number of rotatable bonds is 3. The van der Waals surface area contributed by atoms with E-state index in [1.54, 1.807) is 0 Å². The van der Waals surface area contributed by atoms with Crippen molar-refractivity contribution in [3.63, 3.8) is 0 Å². The molecule has 1 rings (SSSR count). The van der Waals surface area contributed by atoms with Crippen LogP contribution in [-0.4, -0.2) is 5.24 Å². The van der Waals surface area contributed by atoms with Gasteiger partial charge in [-0.15, -0.1) is 0 Å². The highest BCUT2D eigenvalue weighted by atomic mass is 35.5. The van der Waals surface area contributed by atoms with Crippen molar-refractivity contribution in [2.45, 2.75) is 51.9 Å². The third kappa shape index (κ3) is 2.90.